The number of carbonyl (C=O) groups is 2. The van der Waals surface area contributed by atoms with Gasteiger partial charge in [0.25, 0.3) is 11.8 Å². The van der Waals surface area contributed by atoms with E-state index >= 15 is 0 Å². The number of carbonyl (C=O) groups excluding carboxylic acids is 2. The van der Waals surface area contributed by atoms with Gasteiger partial charge in [-0.25, -0.2) is 4.90 Å². The highest BCUT2D eigenvalue weighted by molar-refractivity contribution is 8.02. The smallest absolute Gasteiger partial charge is 0.266 e. The summed E-state index contributed by atoms with van der Waals surface area (Å²) in [5, 5.41) is 0. The molecular weight excluding hydrogens is 402 g/mol. The summed E-state index contributed by atoms with van der Waals surface area (Å²) in [6.45, 7) is 18.8. The maximum absolute atomic E-state index is 13.2. The molecule has 0 N–H and O–H groups in total. The van der Waals surface area contributed by atoms with E-state index in [2.05, 4.69) is 40.3 Å². The lowest BCUT2D eigenvalue weighted by atomic mass is 9.91. The van der Waals surface area contributed by atoms with E-state index in [-0.39, 0.29) is 22.8 Å². The fourth-order valence-corrected chi connectivity index (χ4v) is 4.37. The number of hydrogen-bond acceptors (Lipinski definition) is 3. The van der Waals surface area contributed by atoms with Crippen LogP contribution in [0.1, 0.15) is 59.6 Å². The average Bonchev–Trinajstić information content (AvgIpc) is 2.78. The minimum absolute atomic E-state index is 0.232. The molecule has 4 heteroatoms. The van der Waals surface area contributed by atoms with Gasteiger partial charge >= 0.3 is 0 Å². The molecule has 1 aromatic rings. The number of fused-ring (bicyclic) bond motifs is 1. The van der Waals surface area contributed by atoms with E-state index < -0.39 is 0 Å². The summed E-state index contributed by atoms with van der Waals surface area (Å²) in [6.07, 6.45) is 8.45. The van der Waals surface area contributed by atoms with Crippen molar-refractivity contribution in [3.05, 3.63) is 75.9 Å². The summed E-state index contributed by atoms with van der Waals surface area (Å²) in [6, 6.07) is 8.01. The number of amides is 2. The number of likely N-dealkylation sites (tertiary alicyclic amines) is 1. The Morgan fingerprint density at radius 1 is 1.00 bits per heavy atom. The van der Waals surface area contributed by atoms with Crippen LogP contribution in [-0.2, 0) is 16.0 Å². The van der Waals surface area contributed by atoms with Gasteiger partial charge in [-0.05, 0) is 46.8 Å². The lowest BCUT2D eigenvalue weighted by Crippen LogP contribution is -2.28. The minimum Gasteiger partial charge on any atom is -0.268 e. The quantitative estimate of drug-likeness (QED) is 0.378. The second-order valence-corrected chi connectivity index (χ2v) is 11.3. The van der Waals surface area contributed by atoms with Crippen LogP contribution in [-0.4, -0.2) is 23.0 Å². The summed E-state index contributed by atoms with van der Waals surface area (Å²) in [5.41, 5.74) is 3.78. The molecule has 3 rings (SSSR count). The maximum Gasteiger partial charge on any atom is 0.266 e. The molecule has 1 aromatic carbocycles. The zero-order chi connectivity index (χ0) is 23.6. The second-order valence-electron chi connectivity index (χ2n) is 10.5. The molecule has 31 heavy (non-hydrogen) atoms. The van der Waals surface area contributed by atoms with Crippen LogP contribution in [0.4, 0.5) is 0 Å². The van der Waals surface area contributed by atoms with Gasteiger partial charge in [0, 0.05) is 10.5 Å². The van der Waals surface area contributed by atoms with E-state index in [0.717, 1.165) is 16.9 Å². The normalized spacial score (nSPS) is 18.3. The van der Waals surface area contributed by atoms with Crippen molar-refractivity contribution in [3.8, 4) is 0 Å². The van der Waals surface area contributed by atoms with Gasteiger partial charge in [0.2, 0.25) is 0 Å². The van der Waals surface area contributed by atoms with Crippen LogP contribution in [0.5, 0.6) is 0 Å². The van der Waals surface area contributed by atoms with Gasteiger partial charge in [-0.3, -0.25) is 9.59 Å². The molecule has 1 aliphatic heterocycles. The number of thioether (sulfide) groups is 1. The molecule has 2 amide bonds. The molecule has 3 nitrogen and oxygen atoms in total. The highest BCUT2D eigenvalue weighted by Crippen LogP contribution is 2.42. The number of benzene rings is 1. The van der Waals surface area contributed by atoms with Crippen molar-refractivity contribution >= 4 is 29.7 Å². The number of nitrogens with zero attached hydrogens (tertiary/aromatic N) is 1. The Morgan fingerprint density at radius 3 is 2.13 bits per heavy atom. The third-order valence-electron chi connectivity index (χ3n) is 4.54. The van der Waals surface area contributed by atoms with Gasteiger partial charge in [-0.15, -0.1) is 11.8 Å². The van der Waals surface area contributed by atoms with E-state index in [4.69, 9.17) is 0 Å². The molecule has 0 aromatic heterocycles. The van der Waals surface area contributed by atoms with Crippen molar-refractivity contribution in [1.29, 1.82) is 0 Å². The van der Waals surface area contributed by atoms with Crippen LogP contribution in [0.3, 0.4) is 0 Å². The Morgan fingerprint density at radius 2 is 1.58 bits per heavy atom. The zero-order valence-corrected chi connectivity index (χ0v) is 20.9. The first kappa shape index (κ1) is 24.9. The van der Waals surface area contributed by atoms with Gasteiger partial charge in [-0.1, -0.05) is 85.4 Å². The van der Waals surface area contributed by atoms with Crippen molar-refractivity contribution in [3.63, 3.8) is 0 Å². The minimum atomic E-state index is -0.337. The molecule has 1 aliphatic carbocycles. The van der Waals surface area contributed by atoms with Crippen molar-refractivity contribution in [2.45, 2.75) is 54.9 Å². The summed E-state index contributed by atoms with van der Waals surface area (Å²) in [5.74, 6) is -0.620. The summed E-state index contributed by atoms with van der Waals surface area (Å²) < 4.78 is 0. The Bertz CT molecular complexity index is 975. The fourth-order valence-electron chi connectivity index (χ4n) is 3.34. The maximum atomic E-state index is 13.2. The van der Waals surface area contributed by atoms with E-state index in [1.54, 1.807) is 0 Å². The van der Waals surface area contributed by atoms with E-state index in [9.17, 15) is 9.59 Å². The number of imide groups is 1. The monoisotopic (exact) mass is 437 g/mol. The Hall–Kier alpha value is -2.33. The molecular formula is C27H35NO2S. The highest BCUT2D eigenvalue weighted by Gasteiger charge is 2.42. The van der Waals surface area contributed by atoms with E-state index in [1.807, 2.05) is 63.5 Å². The van der Waals surface area contributed by atoms with E-state index in [0.29, 0.717) is 16.7 Å². The zero-order valence-electron chi connectivity index (χ0n) is 20.1. The molecule has 1 saturated heterocycles. The molecule has 166 valence electrons. The Labute approximate surface area is 192 Å². The highest BCUT2D eigenvalue weighted by atomic mass is 32.2. The molecule has 1 heterocycles. The van der Waals surface area contributed by atoms with Crippen LogP contribution in [0.25, 0.3) is 6.08 Å². The number of rotatable bonds is 2. The molecule has 0 bridgehead atoms. The third kappa shape index (κ3) is 6.10. The van der Waals surface area contributed by atoms with Gasteiger partial charge in [0.1, 0.15) is 0 Å². The fraction of sp³-hybridized carbons (Fsp3) is 0.407. The van der Waals surface area contributed by atoms with Gasteiger partial charge in [0.05, 0.1) is 11.3 Å². The lowest BCUT2D eigenvalue weighted by Gasteiger charge is -2.23. The first-order chi connectivity index (χ1) is 14.3. The Kier molecular flexibility index (Phi) is 7.59. The van der Waals surface area contributed by atoms with Crippen molar-refractivity contribution in [1.82, 2.24) is 4.90 Å². The Balaban J connectivity index is 0.000000614. The lowest BCUT2D eigenvalue weighted by molar-refractivity contribution is -0.133. The molecule has 0 saturated carbocycles. The molecule has 0 radical (unpaired) electrons. The van der Waals surface area contributed by atoms with Crippen molar-refractivity contribution < 1.29 is 9.59 Å². The molecule has 0 unspecified atom stereocenters. The van der Waals surface area contributed by atoms with E-state index in [1.165, 1.54) is 22.2 Å². The van der Waals surface area contributed by atoms with Gasteiger partial charge in [-0.2, -0.15) is 0 Å². The van der Waals surface area contributed by atoms with Crippen molar-refractivity contribution in [2.75, 3.05) is 6.26 Å². The van der Waals surface area contributed by atoms with Crippen LogP contribution in [0, 0.1) is 10.8 Å². The molecule has 0 atom stereocenters. The standard InChI is InChI=1S/C22H23NO2S.C5H12/c1-14-18(19(26-5)22(2,3)4)21(25)23(20(14)24)17-12-8-11-15-9-6-7-10-16(15)13-17;1-5(2,3)4/h6-10,12-13H,1,11H2,2-5H3;1-4H3/b19-18+;. The second kappa shape index (κ2) is 9.44. The predicted molar refractivity (Wildman–Crippen MR) is 133 cm³/mol. The van der Waals surface area contributed by atoms with Crippen molar-refractivity contribution in [2.24, 2.45) is 10.8 Å². The van der Waals surface area contributed by atoms with Gasteiger partial charge < -0.3 is 0 Å². The largest absolute Gasteiger partial charge is 0.268 e. The van der Waals surface area contributed by atoms with Crippen LogP contribution < -0.4 is 0 Å². The van der Waals surface area contributed by atoms with Crippen LogP contribution in [0.15, 0.2) is 64.7 Å². The molecule has 2 aliphatic rings. The topological polar surface area (TPSA) is 37.4 Å². The summed E-state index contributed by atoms with van der Waals surface area (Å²) >= 11 is 1.51. The van der Waals surface area contributed by atoms with Gasteiger partial charge in [0.15, 0.2) is 0 Å². The number of allylic oxidation sites excluding steroid dienone is 3. The third-order valence-corrected chi connectivity index (χ3v) is 5.76. The number of hydrogen-bond donors (Lipinski definition) is 0. The first-order valence-electron chi connectivity index (χ1n) is 10.6. The SMILES string of the molecule is C=C1C(=O)N(C2=Cc3ccccc3CC=C2)C(=O)/C1=C(/SC)C(C)(C)C.CC(C)(C)C. The van der Waals surface area contributed by atoms with Crippen LogP contribution >= 0.6 is 11.8 Å². The first-order valence-corrected chi connectivity index (χ1v) is 11.8. The average molecular weight is 438 g/mol. The molecule has 0 spiro atoms. The molecule has 1 fully saturated rings. The van der Waals surface area contributed by atoms with Crippen LogP contribution in [0.2, 0.25) is 0 Å². The summed E-state index contributed by atoms with van der Waals surface area (Å²) in [7, 11) is 0. The predicted octanol–water partition coefficient (Wildman–Crippen LogP) is 6.78. The summed E-state index contributed by atoms with van der Waals surface area (Å²) in [4.78, 5) is 28.2.